The fourth-order valence-electron chi connectivity index (χ4n) is 3.37. The minimum Gasteiger partial charge on any atom is -0.439 e. The summed E-state index contributed by atoms with van der Waals surface area (Å²) in [5, 5.41) is 7.99. The average Bonchev–Trinajstić information content (AvgIpc) is 2.77. The number of hydrogen-bond acceptors (Lipinski definition) is 6. The lowest BCUT2D eigenvalue weighted by Gasteiger charge is -2.31. The molecule has 1 saturated heterocycles. The number of carbonyl (C=O) groups excluding carboxylic acids is 1. The van der Waals surface area contributed by atoms with Gasteiger partial charge in [0, 0.05) is 31.0 Å². The zero-order valence-electron chi connectivity index (χ0n) is 18.3. The van der Waals surface area contributed by atoms with Crippen molar-refractivity contribution in [1.29, 1.82) is 0 Å². The van der Waals surface area contributed by atoms with E-state index in [1.54, 1.807) is 43.4 Å². The molecule has 1 fully saturated rings. The lowest BCUT2D eigenvalue weighted by Crippen LogP contribution is -2.36. The van der Waals surface area contributed by atoms with Gasteiger partial charge in [0.15, 0.2) is 0 Å². The third-order valence-electron chi connectivity index (χ3n) is 5.17. The van der Waals surface area contributed by atoms with Gasteiger partial charge in [-0.15, -0.1) is 0 Å². The molecule has 0 atom stereocenters. The van der Waals surface area contributed by atoms with Crippen LogP contribution in [-0.2, 0) is 12.7 Å². The van der Waals surface area contributed by atoms with E-state index in [0.29, 0.717) is 35.2 Å². The van der Waals surface area contributed by atoms with E-state index in [-0.39, 0.29) is 5.69 Å². The molecule has 8 nitrogen and oxygen atoms in total. The van der Waals surface area contributed by atoms with Crippen LogP contribution in [0.2, 0.25) is 0 Å². The topological polar surface area (TPSA) is 91.4 Å². The molecule has 3 N–H and O–H groups in total. The largest absolute Gasteiger partial charge is 0.439 e. The standard InChI is InChI=1S/C23H23F3N6O2/c1-27-20-12-21(29-14-28-20)34-19-5-3-17(4-6-19)30-22(33)31-18-10-15(13-32-7-2-8-32)9-16(11-18)23(24,25)26/h3-6,9-12,14H,2,7-8,13H2,1H3,(H,27,28,29)(H2,30,31,33). The van der Waals surface area contributed by atoms with Crippen LogP contribution in [0.5, 0.6) is 11.6 Å². The monoisotopic (exact) mass is 472 g/mol. The van der Waals surface area contributed by atoms with Crippen molar-refractivity contribution in [3.63, 3.8) is 0 Å². The van der Waals surface area contributed by atoms with E-state index >= 15 is 0 Å². The zero-order valence-corrected chi connectivity index (χ0v) is 18.3. The predicted octanol–water partition coefficient (Wildman–Crippen LogP) is 5.18. The number of halogens is 3. The third kappa shape index (κ3) is 6.13. The summed E-state index contributed by atoms with van der Waals surface area (Å²) in [6.45, 7) is 2.12. The van der Waals surface area contributed by atoms with Gasteiger partial charge in [-0.3, -0.25) is 4.90 Å². The summed E-state index contributed by atoms with van der Waals surface area (Å²) in [4.78, 5) is 22.5. The fourth-order valence-corrected chi connectivity index (χ4v) is 3.37. The van der Waals surface area contributed by atoms with Crippen molar-refractivity contribution >= 4 is 23.2 Å². The second-order valence-electron chi connectivity index (χ2n) is 7.74. The van der Waals surface area contributed by atoms with Gasteiger partial charge in [0.2, 0.25) is 5.88 Å². The van der Waals surface area contributed by atoms with Crippen molar-refractivity contribution in [2.24, 2.45) is 0 Å². The van der Waals surface area contributed by atoms with Crippen molar-refractivity contribution in [3.05, 3.63) is 66.0 Å². The number of urea groups is 1. The van der Waals surface area contributed by atoms with Gasteiger partial charge < -0.3 is 20.7 Å². The van der Waals surface area contributed by atoms with Crippen LogP contribution in [0.4, 0.5) is 35.2 Å². The third-order valence-corrected chi connectivity index (χ3v) is 5.17. The highest BCUT2D eigenvalue weighted by Gasteiger charge is 2.31. The van der Waals surface area contributed by atoms with E-state index in [9.17, 15) is 18.0 Å². The smallest absolute Gasteiger partial charge is 0.416 e. The van der Waals surface area contributed by atoms with Crippen LogP contribution in [0.3, 0.4) is 0 Å². The van der Waals surface area contributed by atoms with Gasteiger partial charge in [-0.1, -0.05) is 0 Å². The Hall–Kier alpha value is -3.86. The lowest BCUT2D eigenvalue weighted by atomic mass is 10.1. The van der Waals surface area contributed by atoms with E-state index in [0.717, 1.165) is 31.6 Å². The maximum Gasteiger partial charge on any atom is 0.416 e. The Morgan fingerprint density at radius 2 is 1.76 bits per heavy atom. The van der Waals surface area contributed by atoms with Gasteiger partial charge in [-0.05, 0) is 67.5 Å². The summed E-state index contributed by atoms with van der Waals surface area (Å²) in [6, 6.07) is 11.1. The van der Waals surface area contributed by atoms with Gasteiger partial charge in [0.1, 0.15) is 17.9 Å². The van der Waals surface area contributed by atoms with Gasteiger partial charge >= 0.3 is 12.2 Å². The maximum atomic E-state index is 13.3. The minimum absolute atomic E-state index is 0.0758. The number of anilines is 3. The normalized spacial score (nSPS) is 13.6. The number of benzene rings is 2. The first-order chi connectivity index (χ1) is 16.3. The molecule has 178 valence electrons. The summed E-state index contributed by atoms with van der Waals surface area (Å²) in [5.41, 5.74) is 0.217. The molecule has 1 aromatic heterocycles. The fraction of sp³-hybridized carbons (Fsp3) is 0.261. The average molecular weight is 472 g/mol. The molecule has 2 amide bonds. The molecule has 34 heavy (non-hydrogen) atoms. The molecule has 0 radical (unpaired) electrons. The summed E-state index contributed by atoms with van der Waals surface area (Å²) in [5.74, 6) is 1.43. The molecule has 11 heteroatoms. The first-order valence-electron chi connectivity index (χ1n) is 10.6. The molecule has 1 aliphatic heterocycles. The molecule has 0 unspecified atom stereocenters. The highest BCUT2D eigenvalue weighted by molar-refractivity contribution is 5.99. The summed E-state index contributed by atoms with van der Waals surface area (Å²) in [7, 11) is 1.73. The SMILES string of the molecule is CNc1cc(Oc2ccc(NC(=O)Nc3cc(CN4CCC4)cc(C(F)(F)F)c3)cc2)ncn1. The van der Waals surface area contributed by atoms with Gasteiger partial charge in [0.25, 0.3) is 0 Å². The second kappa shape index (κ2) is 9.96. The van der Waals surface area contributed by atoms with E-state index in [1.807, 2.05) is 4.90 Å². The van der Waals surface area contributed by atoms with Crippen LogP contribution < -0.4 is 20.7 Å². The van der Waals surface area contributed by atoms with Crippen LogP contribution >= 0.6 is 0 Å². The molecular formula is C23H23F3N6O2. The van der Waals surface area contributed by atoms with Gasteiger partial charge in [0.05, 0.1) is 5.56 Å². The van der Waals surface area contributed by atoms with Crippen LogP contribution in [0.1, 0.15) is 17.5 Å². The number of nitrogens with one attached hydrogen (secondary N) is 3. The Morgan fingerprint density at radius 1 is 1.03 bits per heavy atom. The van der Waals surface area contributed by atoms with Crippen molar-refractivity contribution in [2.45, 2.75) is 19.1 Å². The van der Waals surface area contributed by atoms with E-state index in [1.165, 1.54) is 6.33 Å². The van der Waals surface area contributed by atoms with Crippen molar-refractivity contribution in [1.82, 2.24) is 14.9 Å². The van der Waals surface area contributed by atoms with Crippen molar-refractivity contribution < 1.29 is 22.7 Å². The number of alkyl halides is 3. The number of nitrogens with zero attached hydrogens (tertiary/aromatic N) is 3. The number of ether oxygens (including phenoxy) is 1. The van der Waals surface area contributed by atoms with Crippen LogP contribution in [0.25, 0.3) is 0 Å². The number of carbonyl (C=O) groups is 1. The highest BCUT2D eigenvalue weighted by Crippen LogP contribution is 2.33. The molecule has 4 rings (SSSR count). The molecule has 0 bridgehead atoms. The van der Waals surface area contributed by atoms with Gasteiger partial charge in [-0.2, -0.15) is 13.2 Å². The number of rotatable bonds is 7. The minimum atomic E-state index is -4.51. The Kier molecular flexibility index (Phi) is 6.82. The Balaban J connectivity index is 1.40. The quantitative estimate of drug-likeness (QED) is 0.439. The second-order valence-corrected chi connectivity index (χ2v) is 7.74. The van der Waals surface area contributed by atoms with E-state index in [2.05, 4.69) is 25.9 Å². The predicted molar refractivity (Wildman–Crippen MR) is 122 cm³/mol. The molecule has 2 heterocycles. The first kappa shape index (κ1) is 23.3. The van der Waals surface area contributed by atoms with Crippen LogP contribution in [0, 0.1) is 0 Å². The van der Waals surface area contributed by atoms with E-state index in [4.69, 9.17) is 4.74 Å². The summed E-state index contributed by atoms with van der Waals surface area (Å²) in [6.07, 6.45) is -2.11. The molecule has 0 saturated carbocycles. The number of likely N-dealkylation sites (tertiary alicyclic amines) is 1. The molecule has 1 aliphatic rings. The van der Waals surface area contributed by atoms with Crippen LogP contribution in [-0.4, -0.2) is 41.0 Å². The number of amides is 2. The molecule has 0 spiro atoms. The molecular weight excluding hydrogens is 449 g/mol. The summed E-state index contributed by atoms with van der Waals surface area (Å²) >= 11 is 0. The Labute approximate surface area is 194 Å². The zero-order chi connectivity index (χ0) is 24.1. The molecule has 2 aromatic carbocycles. The Bertz CT molecular complexity index is 1150. The first-order valence-corrected chi connectivity index (χ1v) is 10.6. The maximum absolute atomic E-state index is 13.3. The van der Waals surface area contributed by atoms with Crippen LogP contribution in [0.15, 0.2) is 54.9 Å². The number of aromatic nitrogens is 2. The van der Waals surface area contributed by atoms with E-state index < -0.39 is 17.8 Å². The summed E-state index contributed by atoms with van der Waals surface area (Å²) < 4.78 is 45.7. The Morgan fingerprint density at radius 3 is 2.41 bits per heavy atom. The molecule has 3 aromatic rings. The lowest BCUT2D eigenvalue weighted by molar-refractivity contribution is -0.137. The van der Waals surface area contributed by atoms with Crippen molar-refractivity contribution in [3.8, 4) is 11.6 Å². The highest BCUT2D eigenvalue weighted by atomic mass is 19.4. The molecule has 0 aliphatic carbocycles. The number of hydrogen-bond donors (Lipinski definition) is 3. The van der Waals surface area contributed by atoms with Gasteiger partial charge in [-0.25, -0.2) is 14.8 Å². The van der Waals surface area contributed by atoms with Crippen molar-refractivity contribution in [2.75, 3.05) is 36.1 Å².